The molecule has 0 aliphatic rings. The molecule has 0 saturated heterocycles. The van der Waals surface area contributed by atoms with Crippen molar-refractivity contribution in [3.63, 3.8) is 0 Å². The molecule has 0 bridgehead atoms. The summed E-state index contributed by atoms with van der Waals surface area (Å²) in [5.74, 6) is 0.160. The zero-order valence-corrected chi connectivity index (χ0v) is 11.9. The van der Waals surface area contributed by atoms with Crippen molar-refractivity contribution in [2.75, 3.05) is 13.7 Å². The fourth-order valence-electron chi connectivity index (χ4n) is 1.28. The molecule has 0 saturated carbocycles. The highest BCUT2D eigenvalue weighted by molar-refractivity contribution is 9.11. The van der Waals surface area contributed by atoms with Gasteiger partial charge in [0.25, 0.3) is 0 Å². The lowest BCUT2D eigenvalue weighted by molar-refractivity contribution is -0.273. The van der Waals surface area contributed by atoms with Crippen LogP contribution < -0.4 is 5.73 Å². The smallest absolute Gasteiger partial charge is 0.134 e. The predicted molar refractivity (Wildman–Crippen MR) is 68.0 cm³/mol. The summed E-state index contributed by atoms with van der Waals surface area (Å²) in [6.07, 6.45) is 0.560. The second kappa shape index (κ2) is 6.56. The van der Waals surface area contributed by atoms with Gasteiger partial charge in [-0.1, -0.05) is 15.9 Å². The number of hydrogen-bond acceptors (Lipinski definition) is 4. The van der Waals surface area contributed by atoms with E-state index >= 15 is 0 Å². The van der Waals surface area contributed by atoms with Gasteiger partial charge in [0.05, 0.1) is 18.2 Å². The highest BCUT2D eigenvalue weighted by Gasteiger charge is 2.14. The van der Waals surface area contributed by atoms with Crippen LogP contribution in [-0.2, 0) is 9.78 Å². The van der Waals surface area contributed by atoms with Gasteiger partial charge in [-0.15, -0.1) is 0 Å². The molecule has 1 aromatic carbocycles. The lowest BCUT2D eigenvalue weighted by atomic mass is 10.0. The lowest BCUT2D eigenvalue weighted by Crippen LogP contribution is -2.13. The third kappa shape index (κ3) is 3.71. The molecule has 0 aliphatic heterocycles. The van der Waals surface area contributed by atoms with Gasteiger partial charge in [0.2, 0.25) is 0 Å². The van der Waals surface area contributed by atoms with Crippen LogP contribution in [0.4, 0.5) is 0 Å². The van der Waals surface area contributed by atoms with Crippen molar-refractivity contribution in [2.24, 2.45) is 5.73 Å². The first-order valence-corrected chi connectivity index (χ1v) is 6.24. The van der Waals surface area contributed by atoms with Crippen molar-refractivity contribution < 1.29 is 14.9 Å². The molecule has 0 aliphatic carbocycles. The van der Waals surface area contributed by atoms with Crippen LogP contribution in [0.1, 0.15) is 18.0 Å². The Morgan fingerprint density at radius 2 is 2.12 bits per heavy atom. The maximum absolute atomic E-state index is 9.83. The molecule has 0 spiro atoms. The van der Waals surface area contributed by atoms with E-state index in [0.29, 0.717) is 23.1 Å². The lowest BCUT2D eigenvalue weighted by Gasteiger charge is -2.14. The molecule has 0 heterocycles. The number of phenolic OH excluding ortho intramolecular Hbond substituents is 1. The highest BCUT2D eigenvalue weighted by atomic mass is 79.9. The molecule has 1 unspecified atom stereocenters. The molecular formula is C10H13Br2NO3. The average Bonchev–Trinajstić information content (AvgIpc) is 2.23. The quantitative estimate of drug-likeness (QED) is 0.484. The largest absolute Gasteiger partial charge is 0.506 e. The number of rotatable bonds is 5. The standard InChI is InChI=1S/C10H13Br2NO3/c1-15-16-3-2-9(13)7-4-6(11)5-8(12)10(7)14/h4-5,9,14H,2-3,13H2,1H3. The minimum Gasteiger partial charge on any atom is -0.506 e. The maximum Gasteiger partial charge on any atom is 0.134 e. The van der Waals surface area contributed by atoms with Crippen molar-refractivity contribution >= 4 is 31.9 Å². The molecule has 6 heteroatoms. The van der Waals surface area contributed by atoms with Crippen LogP contribution in [-0.4, -0.2) is 18.8 Å². The second-order valence-electron chi connectivity index (χ2n) is 3.21. The summed E-state index contributed by atoms with van der Waals surface area (Å²) in [7, 11) is 1.44. The highest BCUT2D eigenvalue weighted by Crippen LogP contribution is 2.35. The Bertz CT molecular complexity index is 360. The van der Waals surface area contributed by atoms with Crippen molar-refractivity contribution in [3.05, 3.63) is 26.6 Å². The van der Waals surface area contributed by atoms with E-state index in [0.717, 1.165) is 4.47 Å². The van der Waals surface area contributed by atoms with Gasteiger partial charge in [0.15, 0.2) is 0 Å². The van der Waals surface area contributed by atoms with Crippen LogP contribution in [0.2, 0.25) is 0 Å². The van der Waals surface area contributed by atoms with Crippen LogP contribution in [0.25, 0.3) is 0 Å². The third-order valence-electron chi connectivity index (χ3n) is 2.09. The monoisotopic (exact) mass is 353 g/mol. The first-order valence-electron chi connectivity index (χ1n) is 4.65. The zero-order valence-electron chi connectivity index (χ0n) is 8.74. The van der Waals surface area contributed by atoms with Crippen molar-refractivity contribution in [2.45, 2.75) is 12.5 Å². The Morgan fingerprint density at radius 1 is 1.44 bits per heavy atom. The molecule has 4 nitrogen and oxygen atoms in total. The van der Waals surface area contributed by atoms with Gasteiger partial charge < -0.3 is 10.8 Å². The molecule has 0 amide bonds. The summed E-state index contributed by atoms with van der Waals surface area (Å²) in [5.41, 5.74) is 6.60. The second-order valence-corrected chi connectivity index (χ2v) is 4.98. The van der Waals surface area contributed by atoms with E-state index < -0.39 is 0 Å². The molecule has 0 aromatic heterocycles. The zero-order chi connectivity index (χ0) is 12.1. The van der Waals surface area contributed by atoms with Gasteiger partial charge in [0, 0.05) is 16.1 Å². The normalized spacial score (nSPS) is 12.8. The Hall–Kier alpha value is -0.140. The fourth-order valence-corrected chi connectivity index (χ4v) is 2.54. The van der Waals surface area contributed by atoms with Gasteiger partial charge in [-0.05, 0) is 34.5 Å². The van der Waals surface area contributed by atoms with Gasteiger partial charge in [-0.25, -0.2) is 9.78 Å². The van der Waals surface area contributed by atoms with Crippen molar-refractivity contribution in [1.29, 1.82) is 0 Å². The van der Waals surface area contributed by atoms with Crippen LogP contribution >= 0.6 is 31.9 Å². The fraction of sp³-hybridized carbons (Fsp3) is 0.400. The SMILES string of the molecule is COOCCC(N)c1cc(Br)cc(Br)c1O. The molecule has 0 radical (unpaired) electrons. The van der Waals surface area contributed by atoms with Gasteiger partial charge in [0.1, 0.15) is 5.75 Å². The van der Waals surface area contributed by atoms with E-state index in [2.05, 4.69) is 36.7 Å². The summed E-state index contributed by atoms with van der Waals surface area (Å²) in [4.78, 5) is 9.21. The molecular weight excluding hydrogens is 342 g/mol. The molecule has 1 atom stereocenters. The molecule has 0 fully saturated rings. The molecule has 3 N–H and O–H groups in total. The summed E-state index contributed by atoms with van der Waals surface area (Å²) in [5, 5.41) is 9.83. The van der Waals surface area contributed by atoms with E-state index in [9.17, 15) is 5.11 Å². The first kappa shape index (κ1) is 13.9. The summed E-state index contributed by atoms with van der Waals surface area (Å²) in [6.45, 7) is 0.376. The van der Waals surface area contributed by atoms with Gasteiger partial charge in [-0.3, -0.25) is 0 Å². The molecule has 90 valence electrons. The van der Waals surface area contributed by atoms with E-state index in [4.69, 9.17) is 10.6 Å². The maximum atomic E-state index is 9.83. The van der Waals surface area contributed by atoms with E-state index in [1.807, 2.05) is 0 Å². The van der Waals surface area contributed by atoms with E-state index in [-0.39, 0.29) is 11.8 Å². The van der Waals surface area contributed by atoms with Crippen molar-refractivity contribution in [3.8, 4) is 5.75 Å². The van der Waals surface area contributed by atoms with E-state index in [1.54, 1.807) is 12.1 Å². The van der Waals surface area contributed by atoms with Crippen LogP contribution in [0, 0.1) is 0 Å². The summed E-state index contributed by atoms with van der Waals surface area (Å²) in [6, 6.07) is 3.25. The number of aromatic hydroxyl groups is 1. The van der Waals surface area contributed by atoms with Crippen LogP contribution in [0.3, 0.4) is 0 Å². The third-order valence-corrected chi connectivity index (χ3v) is 3.15. The molecule has 1 aromatic rings. The number of hydrogen-bond donors (Lipinski definition) is 2. The Kier molecular flexibility index (Phi) is 5.71. The number of benzene rings is 1. The number of halogens is 2. The number of nitrogens with two attached hydrogens (primary N) is 1. The summed E-state index contributed by atoms with van der Waals surface area (Å²) < 4.78 is 1.47. The minimum atomic E-state index is -0.302. The number of phenols is 1. The van der Waals surface area contributed by atoms with E-state index in [1.165, 1.54) is 7.11 Å². The Morgan fingerprint density at radius 3 is 2.75 bits per heavy atom. The summed E-state index contributed by atoms with van der Waals surface area (Å²) >= 11 is 6.60. The molecule has 1 rings (SSSR count). The average molecular weight is 355 g/mol. The van der Waals surface area contributed by atoms with Crippen LogP contribution in [0.15, 0.2) is 21.1 Å². The topological polar surface area (TPSA) is 64.7 Å². The first-order chi connectivity index (χ1) is 7.56. The Balaban J connectivity index is 2.78. The predicted octanol–water partition coefficient (Wildman–Crippen LogP) is 2.89. The van der Waals surface area contributed by atoms with Gasteiger partial charge >= 0.3 is 0 Å². The minimum absolute atomic E-state index is 0.160. The van der Waals surface area contributed by atoms with Crippen molar-refractivity contribution in [1.82, 2.24) is 0 Å². The Labute approximate surface area is 111 Å². The van der Waals surface area contributed by atoms with Crippen LogP contribution in [0.5, 0.6) is 5.75 Å². The molecule has 16 heavy (non-hydrogen) atoms. The van der Waals surface area contributed by atoms with Gasteiger partial charge in [-0.2, -0.15) is 0 Å².